The number of aliphatic hydroxyl groups excluding tert-OH is 1. The number of hydrogen-bond donors (Lipinski definition) is 1. The summed E-state index contributed by atoms with van der Waals surface area (Å²) in [4.78, 5) is 48.9. The van der Waals surface area contributed by atoms with Gasteiger partial charge in [0.05, 0.1) is 29.2 Å². The van der Waals surface area contributed by atoms with Gasteiger partial charge in [-0.3, -0.25) is 14.4 Å². The molecular weight excluding hydrogens is 546 g/mol. The van der Waals surface area contributed by atoms with Crippen molar-refractivity contribution < 1.29 is 19.5 Å². The molecule has 6 atom stereocenters. The van der Waals surface area contributed by atoms with Crippen LogP contribution in [0.25, 0.3) is 0 Å². The number of amides is 3. The molecule has 7 nitrogen and oxygen atoms in total. The molecule has 2 aromatic rings. The van der Waals surface area contributed by atoms with Crippen LogP contribution >= 0.6 is 11.8 Å². The number of anilines is 1. The molecular formula is C34H41N3O4S. The molecule has 8 heteroatoms. The Morgan fingerprint density at radius 3 is 2.36 bits per heavy atom. The summed E-state index contributed by atoms with van der Waals surface area (Å²) in [6.45, 7) is 10.8. The van der Waals surface area contributed by atoms with Gasteiger partial charge in [-0.1, -0.05) is 74.0 Å². The van der Waals surface area contributed by atoms with Gasteiger partial charge >= 0.3 is 0 Å². The SMILES string of the molecule is C=CCN(CCCC)C(=O)C1N([C@H](CO)c2ccccc2)C(=O)[C@@H]2[C@@H](C(=O)N(CC=C)c3ccccc3)[C@H]3CCC12S3. The first-order chi connectivity index (χ1) is 20.4. The Labute approximate surface area is 253 Å². The first-order valence-electron chi connectivity index (χ1n) is 15.0. The summed E-state index contributed by atoms with van der Waals surface area (Å²) in [5.41, 5.74) is 1.53. The van der Waals surface area contributed by atoms with Gasteiger partial charge in [-0.2, -0.15) is 0 Å². The van der Waals surface area contributed by atoms with Crippen molar-refractivity contribution in [2.45, 2.75) is 54.7 Å². The maximum Gasteiger partial charge on any atom is 0.247 e. The quantitative estimate of drug-likeness (QED) is 0.339. The molecule has 1 N–H and O–H groups in total. The lowest BCUT2D eigenvalue weighted by atomic mass is 9.70. The molecule has 5 rings (SSSR count). The molecule has 3 aliphatic heterocycles. The van der Waals surface area contributed by atoms with Crippen molar-refractivity contribution in [3.05, 3.63) is 91.5 Å². The normalized spacial score (nSPS) is 26.5. The minimum atomic E-state index is -0.790. The van der Waals surface area contributed by atoms with Crippen LogP contribution < -0.4 is 4.90 Å². The number of rotatable bonds is 13. The molecule has 0 saturated carbocycles. The van der Waals surface area contributed by atoms with Gasteiger partial charge in [-0.05, 0) is 37.0 Å². The van der Waals surface area contributed by atoms with E-state index < -0.39 is 28.7 Å². The minimum absolute atomic E-state index is 0.0623. The van der Waals surface area contributed by atoms with E-state index in [1.54, 1.807) is 38.6 Å². The maximum atomic E-state index is 14.7. The molecule has 3 heterocycles. The second-order valence-corrected chi connectivity index (χ2v) is 13.0. The molecule has 42 heavy (non-hydrogen) atoms. The van der Waals surface area contributed by atoms with Crippen LogP contribution in [0.4, 0.5) is 5.69 Å². The number of unbranched alkanes of at least 4 members (excludes halogenated alkanes) is 1. The highest BCUT2D eigenvalue weighted by molar-refractivity contribution is 8.02. The molecule has 3 saturated heterocycles. The van der Waals surface area contributed by atoms with Crippen LogP contribution in [0.2, 0.25) is 0 Å². The van der Waals surface area contributed by atoms with E-state index in [2.05, 4.69) is 20.1 Å². The zero-order valence-electron chi connectivity index (χ0n) is 24.3. The summed E-state index contributed by atoms with van der Waals surface area (Å²) in [5.74, 6) is -1.69. The number of thioether (sulfide) groups is 1. The van der Waals surface area contributed by atoms with Gasteiger partial charge in [0.15, 0.2) is 0 Å². The molecule has 0 aliphatic carbocycles. The third-order valence-electron chi connectivity index (χ3n) is 9.04. The van der Waals surface area contributed by atoms with Gasteiger partial charge in [0, 0.05) is 30.6 Å². The van der Waals surface area contributed by atoms with Crippen molar-refractivity contribution >= 4 is 35.2 Å². The van der Waals surface area contributed by atoms with Gasteiger partial charge in [-0.25, -0.2) is 0 Å². The second-order valence-electron chi connectivity index (χ2n) is 11.4. The number of carbonyl (C=O) groups excluding carboxylic acids is 3. The van der Waals surface area contributed by atoms with E-state index in [9.17, 15) is 19.5 Å². The highest BCUT2D eigenvalue weighted by Gasteiger charge is 2.74. The van der Waals surface area contributed by atoms with Gasteiger partial charge in [-0.15, -0.1) is 24.9 Å². The third kappa shape index (κ3) is 5.09. The highest BCUT2D eigenvalue weighted by atomic mass is 32.2. The molecule has 3 fully saturated rings. The molecule has 3 amide bonds. The molecule has 222 valence electrons. The number of nitrogens with zero attached hydrogens (tertiary/aromatic N) is 3. The summed E-state index contributed by atoms with van der Waals surface area (Å²) in [6, 6.07) is 17.4. The highest BCUT2D eigenvalue weighted by Crippen LogP contribution is 2.67. The number of likely N-dealkylation sites (tertiary alicyclic amines) is 1. The van der Waals surface area contributed by atoms with Crippen molar-refractivity contribution in [2.24, 2.45) is 11.8 Å². The molecule has 0 radical (unpaired) electrons. The van der Waals surface area contributed by atoms with Crippen LogP contribution in [0.5, 0.6) is 0 Å². The second kappa shape index (κ2) is 12.9. The fourth-order valence-electron chi connectivity index (χ4n) is 7.23. The number of para-hydroxylation sites is 1. The van der Waals surface area contributed by atoms with Crippen molar-refractivity contribution in [2.75, 3.05) is 31.1 Å². The van der Waals surface area contributed by atoms with E-state index in [1.165, 1.54) is 0 Å². The first kappa shape index (κ1) is 30.1. The Bertz CT molecular complexity index is 1300. The summed E-state index contributed by atoms with van der Waals surface area (Å²) in [6.07, 6.45) is 6.62. The summed E-state index contributed by atoms with van der Waals surface area (Å²) in [5, 5.41) is 10.7. The minimum Gasteiger partial charge on any atom is -0.394 e. The fraction of sp³-hybridized carbons (Fsp3) is 0.441. The van der Waals surface area contributed by atoms with E-state index in [4.69, 9.17) is 0 Å². The lowest BCUT2D eigenvalue weighted by Crippen LogP contribution is -2.56. The smallest absolute Gasteiger partial charge is 0.247 e. The lowest BCUT2D eigenvalue weighted by Gasteiger charge is -2.40. The zero-order valence-corrected chi connectivity index (χ0v) is 25.1. The van der Waals surface area contributed by atoms with E-state index in [0.29, 0.717) is 26.1 Å². The van der Waals surface area contributed by atoms with Crippen molar-refractivity contribution in [3.8, 4) is 0 Å². The monoisotopic (exact) mass is 587 g/mol. The van der Waals surface area contributed by atoms with Crippen LogP contribution in [0.3, 0.4) is 0 Å². The summed E-state index contributed by atoms with van der Waals surface area (Å²) >= 11 is 1.65. The molecule has 2 bridgehead atoms. The molecule has 1 spiro atoms. The number of aliphatic hydroxyl groups is 1. The average molecular weight is 588 g/mol. The first-order valence-corrected chi connectivity index (χ1v) is 15.8. The van der Waals surface area contributed by atoms with Crippen LogP contribution in [-0.4, -0.2) is 74.9 Å². The molecule has 2 unspecified atom stereocenters. The van der Waals surface area contributed by atoms with Gasteiger partial charge < -0.3 is 19.8 Å². The lowest BCUT2D eigenvalue weighted by molar-refractivity contribution is -0.145. The van der Waals surface area contributed by atoms with Gasteiger partial charge in [0.2, 0.25) is 17.7 Å². The summed E-state index contributed by atoms with van der Waals surface area (Å²) < 4.78 is -0.746. The van der Waals surface area contributed by atoms with Gasteiger partial charge in [0.25, 0.3) is 0 Å². The largest absolute Gasteiger partial charge is 0.394 e. The van der Waals surface area contributed by atoms with E-state index in [1.807, 2.05) is 60.7 Å². The molecule has 3 aliphatic rings. The number of benzene rings is 2. The third-order valence-corrected chi connectivity index (χ3v) is 11.0. The maximum absolute atomic E-state index is 14.7. The van der Waals surface area contributed by atoms with Crippen LogP contribution in [-0.2, 0) is 14.4 Å². The Morgan fingerprint density at radius 2 is 1.74 bits per heavy atom. The van der Waals surface area contributed by atoms with Gasteiger partial charge in [0.1, 0.15) is 6.04 Å². The van der Waals surface area contributed by atoms with Crippen molar-refractivity contribution in [3.63, 3.8) is 0 Å². The predicted octanol–water partition coefficient (Wildman–Crippen LogP) is 4.85. The van der Waals surface area contributed by atoms with Crippen molar-refractivity contribution in [1.82, 2.24) is 9.80 Å². The van der Waals surface area contributed by atoms with E-state index in [-0.39, 0.29) is 29.6 Å². The van der Waals surface area contributed by atoms with Crippen molar-refractivity contribution in [1.29, 1.82) is 0 Å². The average Bonchev–Trinajstić information content (AvgIpc) is 3.66. The Morgan fingerprint density at radius 1 is 1.07 bits per heavy atom. The standard InChI is InChI=1S/C34H41N3O4S/c1-4-7-22-35(20-5-2)33(41)30-34-19-18-27(42-34)28(31(39)36(21-6-3)25-16-12-9-13-17-25)29(34)32(40)37(30)26(23-38)24-14-10-8-11-15-24/h5-6,8-17,26-30,38H,2-4,7,18-23H2,1H3/t26-,27-,28+,29+,30?,34?/m1/s1. The fourth-order valence-corrected chi connectivity index (χ4v) is 9.42. The Balaban J connectivity index is 1.60. The summed E-state index contributed by atoms with van der Waals surface area (Å²) in [7, 11) is 0. The number of hydrogen-bond acceptors (Lipinski definition) is 5. The predicted molar refractivity (Wildman–Crippen MR) is 168 cm³/mol. The zero-order chi connectivity index (χ0) is 29.9. The Hall–Kier alpha value is -3.36. The van der Waals surface area contributed by atoms with Crippen LogP contribution in [0.1, 0.15) is 44.2 Å². The number of carbonyl (C=O) groups is 3. The Kier molecular flexibility index (Phi) is 9.23. The number of fused-ring (bicyclic) bond motifs is 1. The topological polar surface area (TPSA) is 81.2 Å². The van der Waals surface area contributed by atoms with Crippen LogP contribution in [0, 0.1) is 11.8 Å². The van der Waals surface area contributed by atoms with E-state index >= 15 is 0 Å². The molecule has 0 aromatic heterocycles. The van der Waals surface area contributed by atoms with E-state index in [0.717, 1.165) is 30.5 Å². The molecule has 2 aromatic carbocycles. The van der Waals surface area contributed by atoms with Crippen LogP contribution in [0.15, 0.2) is 86.0 Å².